The smallest absolute Gasteiger partial charge is 0.240 e. The third-order valence-electron chi connectivity index (χ3n) is 3.74. The molecular weight excluding hydrogens is 378 g/mol. The molecule has 25 heavy (non-hydrogen) atoms. The lowest BCUT2D eigenvalue weighted by atomic mass is 10.1. The fraction of sp³-hybridized carbons (Fsp3) is 0.333. The van der Waals surface area contributed by atoms with Gasteiger partial charge in [0.15, 0.2) is 0 Å². The van der Waals surface area contributed by atoms with Crippen LogP contribution in [0, 0.1) is 13.8 Å². The fourth-order valence-corrected chi connectivity index (χ4v) is 5.01. The molecular formula is C18H22ClNO3S2. The molecule has 2 aromatic carbocycles. The average Bonchev–Trinajstić information content (AvgIpc) is 2.57. The van der Waals surface area contributed by atoms with Gasteiger partial charge in [-0.3, -0.25) is 0 Å². The molecule has 0 unspecified atom stereocenters. The number of ether oxygens (including phenoxy) is 1. The van der Waals surface area contributed by atoms with E-state index < -0.39 is 10.0 Å². The highest BCUT2D eigenvalue weighted by Gasteiger charge is 2.18. The van der Waals surface area contributed by atoms with E-state index in [0.717, 1.165) is 21.9 Å². The van der Waals surface area contributed by atoms with E-state index in [2.05, 4.69) is 4.72 Å². The number of nitrogens with one attached hydrogen (secondary N) is 1. The quantitative estimate of drug-likeness (QED) is 0.676. The van der Waals surface area contributed by atoms with Crippen LogP contribution in [0.1, 0.15) is 16.7 Å². The lowest BCUT2D eigenvalue weighted by Crippen LogP contribution is -2.26. The first-order chi connectivity index (χ1) is 11.8. The van der Waals surface area contributed by atoms with Gasteiger partial charge in [0.25, 0.3) is 0 Å². The summed E-state index contributed by atoms with van der Waals surface area (Å²) in [6.45, 7) is 3.96. The molecule has 2 aromatic rings. The third-order valence-corrected chi connectivity index (χ3v) is 6.72. The molecule has 0 amide bonds. The summed E-state index contributed by atoms with van der Waals surface area (Å²) in [5, 5.41) is 0.736. The van der Waals surface area contributed by atoms with E-state index in [1.807, 2.05) is 31.2 Å². The Balaban J connectivity index is 1.92. The normalized spacial score (nSPS) is 11.5. The van der Waals surface area contributed by atoms with Crippen molar-refractivity contribution in [2.24, 2.45) is 0 Å². The largest absolute Gasteiger partial charge is 0.496 e. The maximum atomic E-state index is 12.5. The molecule has 0 bridgehead atoms. The van der Waals surface area contributed by atoms with E-state index in [-0.39, 0.29) is 0 Å². The number of sulfonamides is 1. The Kier molecular flexibility index (Phi) is 7.19. The number of hydrogen-bond donors (Lipinski definition) is 1. The predicted octanol–water partition coefficient (Wildman–Crippen LogP) is 4.18. The van der Waals surface area contributed by atoms with Gasteiger partial charge in [0.05, 0.1) is 12.0 Å². The van der Waals surface area contributed by atoms with Gasteiger partial charge in [-0.05, 0) is 48.7 Å². The molecule has 0 aliphatic rings. The van der Waals surface area contributed by atoms with E-state index in [1.165, 1.54) is 0 Å². The molecule has 0 fully saturated rings. The van der Waals surface area contributed by atoms with Crippen molar-refractivity contribution in [3.8, 4) is 5.75 Å². The van der Waals surface area contributed by atoms with E-state index in [4.69, 9.17) is 16.3 Å². The van der Waals surface area contributed by atoms with Gasteiger partial charge in [0.2, 0.25) is 10.0 Å². The molecule has 0 aromatic heterocycles. The van der Waals surface area contributed by atoms with Crippen molar-refractivity contribution in [1.82, 2.24) is 4.72 Å². The van der Waals surface area contributed by atoms with Crippen LogP contribution in [0.3, 0.4) is 0 Å². The van der Waals surface area contributed by atoms with Crippen molar-refractivity contribution in [2.45, 2.75) is 24.5 Å². The predicted molar refractivity (Wildman–Crippen MR) is 105 cm³/mol. The van der Waals surface area contributed by atoms with Crippen LogP contribution in [-0.2, 0) is 15.8 Å². The Morgan fingerprint density at radius 2 is 1.88 bits per heavy atom. The summed E-state index contributed by atoms with van der Waals surface area (Å²) in [4.78, 5) is 0.293. The van der Waals surface area contributed by atoms with E-state index in [1.54, 1.807) is 37.9 Å². The van der Waals surface area contributed by atoms with E-state index in [9.17, 15) is 8.42 Å². The van der Waals surface area contributed by atoms with Gasteiger partial charge >= 0.3 is 0 Å². The monoisotopic (exact) mass is 399 g/mol. The zero-order chi connectivity index (χ0) is 18.4. The van der Waals surface area contributed by atoms with Gasteiger partial charge in [0.1, 0.15) is 5.75 Å². The second kappa shape index (κ2) is 8.94. The highest BCUT2D eigenvalue weighted by molar-refractivity contribution is 7.98. The first-order valence-electron chi connectivity index (χ1n) is 7.81. The van der Waals surface area contributed by atoms with Gasteiger partial charge in [0, 0.05) is 23.1 Å². The second-order valence-corrected chi connectivity index (χ2v) is 8.88. The molecule has 0 radical (unpaired) electrons. The van der Waals surface area contributed by atoms with Crippen molar-refractivity contribution >= 4 is 33.4 Å². The number of methoxy groups -OCH3 is 1. The van der Waals surface area contributed by atoms with Crippen LogP contribution in [0.15, 0.2) is 41.3 Å². The molecule has 0 saturated carbocycles. The first kappa shape index (κ1) is 20.1. The maximum absolute atomic E-state index is 12.5. The topological polar surface area (TPSA) is 55.4 Å². The van der Waals surface area contributed by atoms with Crippen LogP contribution in [0.4, 0.5) is 0 Å². The minimum absolute atomic E-state index is 0.293. The molecule has 0 saturated heterocycles. The molecule has 0 atom stereocenters. The first-order valence-corrected chi connectivity index (χ1v) is 10.8. The number of aryl methyl sites for hydroxylation is 2. The standard InChI is InChI=1S/C18H22ClNO3S2/c1-13-11-18(14(2)10-17(13)23-3)25(21,22)20-8-9-24-12-15-6-4-5-7-16(15)19/h4-7,10-11,20H,8-9,12H2,1-3H3. The summed E-state index contributed by atoms with van der Waals surface area (Å²) < 4.78 is 32.9. The van der Waals surface area contributed by atoms with Crippen LogP contribution in [0.25, 0.3) is 0 Å². The Morgan fingerprint density at radius 1 is 1.16 bits per heavy atom. The van der Waals surface area contributed by atoms with Crippen LogP contribution >= 0.6 is 23.4 Å². The van der Waals surface area contributed by atoms with Crippen LogP contribution in [0.2, 0.25) is 5.02 Å². The number of rotatable bonds is 8. The van der Waals surface area contributed by atoms with Gasteiger partial charge in [-0.2, -0.15) is 11.8 Å². The SMILES string of the molecule is COc1cc(C)c(S(=O)(=O)NCCSCc2ccccc2Cl)cc1C. The zero-order valence-electron chi connectivity index (χ0n) is 14.5. The molecule has 0 heterocycles. The lowest BCUT2D eigenvalue weighted by molar-refractivity contribution is 0.411. The Morgan fingerprint density at radius 3 is 2.56 bits per heavy atom. The molecule has 0 aliphatic carbocycles. The molecule has 136 valence electrons. The van der Waals surface area contributed by atoms with Crippen molar-refractivity contribution in [1.29, 1.82) is 0 Å². The lowest BCUT2D eigenvalue weighted by Gasteiger charge is -2.13. The molecule has 0 aliphatic heterocycles. The highest BCUT2D eigenvalue weighted by atomic mass is 35.5. The van der Waals surface area contributed by atoms with Gasteiger partial charge in [-0.1, -0.05) is 29.8 Å². The molecule has 2 rings (SSSR count). The van der Waals surface area contributed by atoms with Crippen molar-refractivity contribution in [3.05, 3.63) is 58.1 Å². The summed E-state index contributed by atoms with van der Waals surface area (Å²) >= 11 is 7.75. The Bertz CT molecular complexity index is 838. The minimum Gasteiger partial charge on any atom is -0.496 e. The minimum atomic E-state index is -3.54. The Labute approximate surface area is 159 Å². The summed E-state index contributed by atoms with van der Waals surface area (Å²) in [5.41, 5.74) is 2.51. The van der Waals surface area contributed by atoms with Gasteiger partial charge < -0.3 is 4.74 Å². The summed E-state index contributed by atoms with van der Waals surface area (Å²) in [5.74, 6) is 2.10. The van der Waals surface area contributed by atoms with Crippen LogP contribution in [-0.4, -0.2) is 27.8 Å². The highest BCUT2D eigenvalue weighted by Crippen LogP contribution is 2.25. The number of hydrogen-bond acceptors (Lipinski definition) is 4. The van der Waals surface area contributed by atoms with Crippen molar-refractivity contribution < 1.29 is 13.2 Å². The van der Waals surface area contributed by atoms with E-state index in [0.29, 0.717) is 28.5 Å². The molecule has 7 heteroatoms. The van der Waals surface area contributed by atoms with Crippen LogP contribution in [0.5, 0.6) is 5.75 Å². The van der Waals surface area contributed by atoms with Crippen molar-refractivity contribution in [3.63, 3.8) is 0 Å². The van der Waals surface area contributed by atoms with Gasteiger partial charge in [-0.15, -0.1) is 0 Å². The number of halogens is 1. The zero-order valence-corrected chi connectivity index (χ0v) is 16.9. The summed E-state index contributed by atoms with van der Waals surface area (Å²) in [6.07, 6.45) is 0. The molecule has 4 nitrogen and oxygen atoms in total. The van der Waals surface area contributed by atoms with Crippen LogP contribution < -0.4 is 9.46 Å². The number of benzene rings is 2. The molecule has 1 N–H and O–H groups in total. The summed E-state index contributed by atoms with van der Waals surface area (Å²) in [6, 6.07) is 11.1. The maximum Gasteiger partial charge on any atom is 0.240 e. The fourth-order valence-electron chi connectivity index (χ4n) is 2.40. The Hall–Kier alpha value is -1.21. The number of thioether (sulfide) groups is 1. The second-order valence-electron chi connectivity index (χ2n) is 5.63. The average molecular weight is 400 g/mol. The van der Waals surface area contributed by atoms with Crippen molar-refractivity contribution in [2.75, 3.05) is 19.4 Å². The van der Waals surface area contributed by atoms with Gasteiger partial charge in [-0.25, -0.2) is 13.1 Å². The summed E-state index contributed by atoms with van der Waals surface area (Å²) in [7, 11) is -1.96. The third kappa shape index (κ3) is 5.38. The molecule has 0 spiro atoms. The van der Waals surface area contributed by atoms with E-state index >= 15 is 0 Å².